The Hall–Kier alpha value is -2.12. The maximum Gasteiger partial charge on any atom is 0.262 e. The molecule has 0 aliphatic carbocycles. The summed E-state index contributed by atoms with van der Waals surface area (Å²) in [6, 6.07) is 10.6. The van der Waals surface area contributed by atoms with E-state index in [9.17, 15) is 12.8 Å². The lowest BCUT2D eigenvalue weighted by molar-refractivity contribution is 0.425. The van der Waals surface area contributed by atoms with E-state index in [-0.39, 0.29) is 4.90 Å². The molecule has 0 aliphatic heterocycles. The molecule has 2 rings (SSSR count). The predicted molar refractivity (Wildman–Crippen MR) is 95.4 cm³/mol. The van der Waals surface area contributed by atoms with Gasteiger partial charge in [0.15, 0.2) is 0 Å². The molecule has 0 radical (unpaired) electrons. The van der Waals surface area contributed by atoms with Crippen LogP contribution in [0.2, 0.25) is 0 Å². The fraction of sp³-hybridized carbons (Fsp3) is 0.294. The number of hydrogen-bond acceptors (Lipinski definition) is 4. The minimum absolute atomic E-state index is 0.0667. The smallest absolute Gasteiger partial charge is 0.262 e. The molecule has 0 bridgehead atoms. The van der Waals surface area contributed by atoms with E-state index < -0.39 is 15.8 Å². The number of benzene rings is 2. The second-order valence-electron chi connectivity index (χ2n) is 5.82. The van der Waals surface area contributed by atoms with Crippen molar-refractivity contribution < 1.29 is 12.8 Å². The Balaban J connectivity index is 2.07. The molecule has 0 saturated heterocycles. The van der Waals surface area contributed by atoms with E-state index in [0.29, 0.717) is 11.3 Å². The van der Waals surface area contributed by atoms with Gasteiger partial charge in [-0.3, -0.25) is 4.72 Å². The molecule has 0 heterocycles. The van der Waals surface area contributed by atoms with Crippen LogP contribution in [0.5, 0.6) is 0 Å². The van der Waals surface area contributed by atoms with Crippen LogP contribution in [0.3, 0.4) is 0 Å². The van der Waals surface area contributed by atoms with Crippen molar-refractivity contribution >= 4 is 21.4 Å². The molecule has 0 unspecified atom stereocenters. The van der Waals surface area contributed by atoms with Gasteiger partial charge >= 0.3 is 0 Å². The van der Waals surface area contributed by atoms with Gasteiger partial charge in [0.05, 0.1) is 4.90 Å². The molecule has 24 heavy (non-hydrogen) atoms. The van der Waals surface area contributed by atoms with Crippen molar-refractivity contribution in [2.24, 2.45) is 0 Å². The van der Waals surface area contributed by atoms with E-state index in [4.69, 9.17) is 0 Å². The molecule has 0 saturated carbocycles. The number of anilines is 2. The first kappa shape index (κ1) is 18.2. The lowest BCUT2D eigenvalue weighted by Gasteiger charge is -2.13. The molecule has 0 amide bonds. The van der Waals surface area contributed by atoms with Crippen molar-refractivity contribution in [2.45, 2.75) is 11.8 Å². The minimum Gasteiger partial charge on any atom is -0.384 e. The summed E-state index contributed by atoms with van der Waals surface area (Å²) in [5.41, 5.74) is 1.74. The third-order valence-corrected chi connectivity index (χ3v) is 4.99. The van der Waals surface area contributed by atoms with Crippen molar-refractivity contribution in [3.63, 3.8) is 0 Å². The van der Waals surface area contributed by atoms with E-state index in [1.165, 1.54) is 12.1 Å². The first-order chi connectivity index (χ1) is 11.3. The number of sulfonamides is 1. The van der Waals surface area contributed by atoms with Crippen molar-refractivity contribution in [2.75, 3.05) is 37.2 Å². The van der Waals surface area contributed by atoms with Crippen LogP contribution in [0.25, 0.3) is 0 Å². The summed E-state index contributed by atoms with van der Waals surface area (Å²) in [5, 5.41) is 3.25. The van der Waals surface area contributed by atoms with Gasteiger partial charge < -0.3 is 10.2 Å². The Morgan fingerprint density at radius 3 is 2.25 bits per heavy atom. The van der Waals surface area contributed by atoms with Gasteiger partial charge in [-0.2, -0.15) is 0 Å². The number of rotatable bonds is 7. The largest absolute Gasteiger partial charge is 0.384 e. The van der Waals surface area contributed by atoms with Gasteiger partial charge in [-0.25, -0.2) is 12.8 Å². The maximum absolute atomic E-state index is 13.1. The van der Waals surface area contributed by atoms with Crippen LogP contribution in [0.15, 0.2) is 47.4 Å². The highest BCUT2D eigenvalue weighted by molar-refractivity contribution is 7.92. The van der Waals surface area contributed by atoms with E-state index in [0.717, 1.165) is 24.8 Å². The van der Waals surface area contributed by atoms with Gasteiger partial charge in [-0.1, -0.05) is 0 Å². The van der Waals surface area contributed by atoms with Crippen LogP contribution >= 0.6 is 0 Å². The first-order valence-electron chi connectivity index (χ1n) is 7.55. The molecule has 2 aromatic carbocycles. The number of hydrogen-bond donors (Lipinski definition) is 2. The molecule has 0 fully saturated rings. The molecule has 5 nitrogen and oxygen atoms in total. The van der Waals surface area contributed by atoms with E-state index in [1.54, 1.807) is 19.1 Å². The molecule has 0 aliphatic rings. The fourth-order valence-electron chi connectivity index (χ4n) is 2.20. The molecule has 0 spiro atoms. The Bertz CT molecular complexity index is 790. The van der Waals surface area contributed by atoms with Gasteiger partial charge in [-0.15, -0.1) is 0 Å². The predicted octanol–water partition coefficient (Wildman–Crippen LogP) is 2.91. The summed E-state index contributed by atoms with van der Waals surface area (Å²) >= 11 is 0. The summed E-state index contributed by atoms with van der Waals surface area (Å²) in [7, 11) is 0.248. The third kappa shape index (κ3) is 4.94. The number of aryl methyl sites for hydroxylation is 1. The summed E-state index contributed by atoms with van der Waals surface area (Å²) in [6.07, 6.45) is 0. The number of nitrogens with one attached hydrogen (secondary N) is 2. The van der Waals surface area contributed by atoms with Gasteiger partial charge in [0.1, 0.15) is 5.82 Å². The van der Waals surface area contributed by atoms with E-state index in [2.05, 4.69) is 14.9 Å². The molecule has 130 valence electrons. The molecule has 0 aromatic heterocycles. The summed E-state index contributed by atoms with van der Waals surface area (Å²) in [5.74, 6) is -0.459. The van der Waals surface area contributed by atoms with Crippen LogP contribution in [-0.2, 0) is 10.0 Å². The molecule has 7 heteroatoms. The lowest BCUT2D eigenvalue weighted by atomic mass is 10.2. The molecule has 0 atom stereocenters. The van der Waals surface area contributed by atoms with E-state index >= 15 is 0 Å². The zero-order valence-corrected chi connectivity index (χ0v) is 14.8. The topological polar surface area (TPSA) is 61.4 Å². The van der Waals surface area contributed by atoms with Crippen molar-refractivity contribution in [3.8, 4) is 0 Å². The highest BCUT2D eigenvalue weighted by atomic mass is 32.2. The Morgan fingerprint density at radius 1 is 1.04 bits per heavy atom. The quantitative estimate of drug-likeness (QED) is 0.805. The molecular weight excluding hydrogens is 329 g/mol. The summed E-state index contributed by atoms with van der Waals surface area (Å²) in [6.45, 7) is 3.26. The fourth-order valence-corrected chi connectivity index (χ4v) is 3.49. The zero-order valence-electron chi connectivity index (χ0n) is 14.0. The van der Waals surface area contributed by atoms with Crippen LogP contribution in [0.1, 0.15) is 5.56 Å². The summed E-state index contributed by atoms with van der Waals surface area (Å²) in [4.78, 5) is 2.14. The lowest BCUT2D eigenvalue weighted by Crippen LogP contribution is -2.20. The Labute approximate surface area is 142 Å². The van der Waals surface area contributed by atoms with Crippen LogP contribution < -0.4 is 10.0 Å². The number of likely N-dealkylation sites (N-methyl/N-ethyl adjacent to an activating group) is 1. The van der Waals surface area contributed by atoms with Crippen LogP contribution in [-0.4, -0.2) is 40.5 Å². The Morgan fingerprint density at radius 2 is 1.67 bits per heavy atom. The van der Waals surface area contributed by atoms with Crippen LogP contribution in [0.4, 0.5) is 15.8 Å². The highest BCUT2D eigenvalue weighted by Crippen LogP contribution is 2.21. The molecule has 2 aromatic rings. The second kappa shape index (κ2) is 7.63. The van der Waals surface area contributed by atoms with Gasteiger partial charge in [-0.05, 0) is 69.0 Å². The summed E-state index contributed by atoms with van der Waals surface area (Å²) < 4.78 is 40.5. The standard InChI is InChI=1S/C17H22FN3O2S/c1-13-12-14(18)4-9-17(13)24(22,23)20-16-7-5-15(6-8-16)19-10-11-21(2)3/h4-9,12,19-20H,10-11H2,1-3H3. The van der Waals surface area contributed by atoms with Gasteiger partial charge in [0, 0.05) is 24.5 Å². The van der Waals surface area contributed by atoms with Crippen molar-refractivity contribution in [1.29, 1.82) is 0 Å². The second-order valence-corrected chi connectivity index (χ2v) is 7.47. The average molecular weight is 351 g/mol. The van der Waals surface area contributed by atoms with Crippen molar-refractivity contribution in [3.05, 3.63) is 53.8 Å². The SMILES string of the molecule is Cc1cc(F)ccc1S(=O)(=O)Nc1ccc(NCCN(C)C)cc1. The molecule has 2 N–H and O–H groups in total. The molecular formula is C17H22FN3O2S. The highest BCUT2D eigenvalue weighted by Gasteiger charge is 2.17. The van der Waals surface area contributed by atoms with Crippen LogP contribution in [0, 0.1) is 12.7 Å². The zero-order chi connectivity index (χ0) is 17.7. The van der Waals surface area contributed by atoms with Gasteiger partial charge in [0.25, 0.3) is 10.0 Å². The van der Waals surface area contributed by atoms with Gasteiger partial charge in [0.2, 0.25) is 0 Å². The van der Waals surface area contributed by atoms with E-state index in [1.807, 2.05) is 26.2 Å². The normalized spacial score (nSPS) is 11.5. The number of nitrogens with zero attached hydrogens (tertiary/aromatic N) is 1. The maximum atomic E-state index is 13.1. The minimum atomic E-state index is -3.75. The van der Waals surface area contributed by atoms with Crippen molar-refractivity contribution in [1.82, 2.24) is 4.90 Å². The Kier molecular flexibility index (Phi) is 5.80. The first-order valence-corrected chi connectivity index (χ1v) is 9.04. The third-order valence-electron chi connectivity index (χ3n) is 3.45. The monoisotopic (exact) mass is 351 g/mol. The number of halogens is 1. The average Bonchev–Trinajstić information content (AvgIpc) is 2.48.